The molecule has 0 radical (unpaired) electrons. The van der Waals surface area contributed by atoms with Gasteiger partial charge in [0, 0.05) is 11.1 Å². The van der Waals surface area contributed by atoms with Crippen molar-refractivity contribution in [2.24, 2.45) is 0 Å². The summed E-state index contributed by atoms with van der Waals surface area (Å²) in [6.45, 7) is 4.09. The van der Waals surface area contributed by atoms with E-state index in [1.807, 2.05) is 13.8 Å². The first-order chi connectivity index (χ1) is 10.6. The zero-order chi connectivity index (χ0) is 15.3. The molecule has 114 valence electrons. The van der Waals surface area contributed by atoms with E-state index in [1.54, 1.807) is 10.8 Å². The molecule has 4 rings (SSSR count). The number of hydrogen-bond donors (Lipinski definition) is 0. The third kappa shape index (κ3) is 1.88. The predicted molar refractivity (Wildman–Crippen MR) is 79.0 cm³/mol. The van der Waals surface area contributed by atoms with Crippen LogP contribution in [-0.2, 0) is 19.4 Å². The van der Waals surface area contributed by atoms with Crippen molar-refractivity contribution in [2.75, 3.05) is 0 Å². The van der Waals surface area contributed by atoms with E-state index in [0.717, 1.165) is 54.0 Å². The van der Waals surface area contributed by atoms with Crippen molar-refractivity contribution in [2.45, 2.75) is 46.1 Å². The molecule has 3 aromatic heterocycles. The normalized spacial score (nSPS) is 14.5. The van der Waals surface area contributed by atoms with Crippen LogP contribution in [0.2, 0.25) is 0 Å². The Balaban J connectivity index is 1.86. The summed E-state index contributed by atoms with van der Waals surface area (Å²) in [7, 11) is 0. The second-order valence-electron chi connectivity index (χ2n) is 5.82. The van der Waals surface area contributed by atoms with Gasteiger partial charge in [-0.05, 0) is 39.5 Å². The molecule has 7 heteroatoms. The Bertz CT molecular complexity index is 899. The van der Waals surface area contributed by atoms with Crippen molar-refractivity contribution in [1.82, 2.24) is 24.6 Å². The van der Waals surface area contributed by atoms with E-state index in [0.29, 0.717) is 12.1 Å². The zero-order valence-electron chi connectivity index (χ0n) is 12.7. The molecule has 3 heterocycles. The summed E-state index contributed by atoms with van der Waals surface area (Å²) in [6, 6.07) is 0. The highest BCUT2D eigenvalue weighted by Crippen LogP contribution is 2.22. The molecule has 0 N–H and O–H groups in total. The van der Waals surface area contributed by atoms with Crippen molar-refractivity contribution < 1.29 is 4.52 Å². The maximum Gasteiger partial charge on any atom is 0.293 e. The number of rotatable bonds is 2. The van der Waals surface area contributed by atoms with Crippen molar-refractivity contribution in [1.29, 1.82) is 0 Å². The lowest BCUT2D eigenvalue weighted by Crippen LogP contribution is -2.26. The Kier molecular flexibility index (Phi) is 2.88. The Hall–Kier alpha value is -2.44. The fourth-order valence-electron chi connectivity index (χ4n) is 3.16. The third-order valence-corrected chi connectivity index (χ3v) is 4.41. The number of hydrogen-bond acceptors (Lipinski definition) is 5. The van der Waals surface area contributed by atoms with Gasteiger partial charge in [0.1, 0.15) is 17.6 Å². The van der Waals surface area contributed by atoms with Crippen molar-refractivity contribution in [3.63, 3.8) is 0 Å². The minimum atomic E-state index is -0.0989. The number of aryl methyl sites for hydroxylation is 4. The smallest absolute Gasteiger partial charge is 0.293 e. The van der Waals surface area contributed by atoms with Gasteiger partial charge in [-0.2, -0.15) is 10.2 Å². The molecule has 0 atom stereocenters. The average molecular weight is 299 g/mol. The topological polar surface area (TPSA) is 78.2 Å². The van der Waals surface area contributed by atoms with Gasteiger partial charge in [0.2, 0.25) is 0 Å². The van der Waals surface area contributed by atoms with Crippen LogP contribution in [0.5, 0.6) is 0 Å². The highest BCUT2D eigenvalue weighted by molar-refractivity contribution is 5.55. The van der Waals surface area contributed by atoms with E-state index in [4.69, 9.17) is 4.52 Å². The molecular formula is C15H17N5O2. The Labute approximate surface area is 126 Å². The molecular weight excluding hydrogens is 282 g/mol. The number of aromatic nitrogens is 5. The first kappa shape index (κ1) is 13.2. The zero-order valence-corrected chi connectivity index (χ0v) is 12.7. The quantitative estimate of drug-likeness (QED) is 0.715. The van der Waals surface area contributed by atoms with Crippen LogP contribution in [0.1, 0.15) is 41.1 Å². The summed E-state index contributed by atoms with van der Waals surface area (Å²) in [6.07, 6.45) is 5.73. The van der Waals surface area contributed by atoms with Crippen molar-refractivity contribution in [3.8, 4) is 0 Å². The molecule has 0 bridgehead atoms. The van der Waals surface area contributed by atoms with Crippen molar-refractivity contribution >= 4 is 5.52 Å². The van der Waals surface area contributed by atoms with E-state index < -0.39 is 0 Å². The van der Waals surface area contributed by atoms with Gasteiger partial charge in [-0.3, -0.25) is 4.79 Å². The van der Waals surface area contributed by atoms with Gasteiger partial charge in [-0.15, -0.1) is 0 Å². The molecule has 1 aliphatic rings. The lowest BCUT2D eigenvalue weighted by atomic mass is 9.97. The van der Waals surface area contributed by atoms with E-state index in [9.17, 15) is 4.79 Å². The average Bonchev–Trinajstić information content (AvgIpc) is 3.04. The summed E-state index contributed by atoms with van der Waals surface area (Å²) < 4.78 is 8.26. The molecule has 22 heavy (non-hydrogen) atoms. The summed E-state index contributed by atoms with van der Waals surface area (Å²) in [5, 5.41) is 12.7. The monoisotopic (exact) mass is 299 g/mol. The predicted octanol–water partition coefficient (Wildman–Crippen LogP) is 1.42. The molecule has 0 amide bonds. The third-order valence-electron chi connectivity index (χ3n) is 4.41. The molecule has 0 spiro atoms. The van der Waals surface area contributed by atoms with Gasteiger partial charge in [0.05, 0.1) is 17.9 Å². The second-order valence-corrected chi connectivity index (χ2v) is 5.82. The van der Waals surface area contributed by atoms with Gasteiger partial charge >= 0.3 is 0 Å². The van der Waals surface area contributed by atoms with Gasteiger partial charge in [-0.1, -0.05) is 5.16 Å². The standard InChI is InChI=1S/C15H17N5O2/c1-9-12(10(2)22-18-9)7-19-15(21)14-11-5-3-4-6-13(11)17-20(14)8-16-19/h8H,3-7H2,1-2H3. The molecule has 3 aromatic rings. The van der Waals surface area contributed by atoms with Crippen LogP contribution in [0.15, 0.2) is 15.6 Å². The maximum absolute atomic E-state index is 12.8. The van der Waals surface area contributed by atoms with Gasteiger partial charge in [-0.25, -0.2) is 9.20 Å². The molecule has 0 saturated carbocycles. The maximum atomic E-state index is 12.8. The molecule has 7 nitrogen and oxygen atoms in total. The highest BCUT2D eigenvalue weighted by Gasteiger charge is 2.20. The number of fused-ring (bicyclic) bond motifs is 3. The molecule has 1 aliphatic carbocycles. The van der Waals surface area contributed by atoms with E-state index >= 15 is 0 Å². The second kappa shape index (κ2) is 4.79. The minimum absolute atomic E-state index is 0.0989. The van der Waals surface area contributed by atoms with Gasteiger partial charge in [0.15, 0.2) is 0 Å². The molecule has 0 aliphatic heterocycles. The lowest BCUT2D eigenvalue weighted by molar-refractivity contribution is 0.391. The number of nitrogens with zero attached hydrogens (tertiary/aromatic N) is 5. The Morgan fingerprint density at radius 3 is 2.86 bits per heavy atom. The first-order valence-corrected chi connectivity index (χ1v) is 7.53. The van der Waals surface area contributed by atoms with Crippen LogP contribution in [0.25, 0.3) is 5.52 Å². The van der Waals surface area contributed by atoms with Crippen LogP contribution in [0.3, 0.4) is 0 Å². The van der Waals surface area contributed by atoms with Crippen LogP contribution < -0.4 is 5.56 Å². The first-order valence-electron chi connectivity index (χ1n) is 7.53. The van der Waals surface area contributed by atoms with E-state index in [-0.39, 0.29) is 5.56 Å². The summed E-state index contributed by atoms with van der Waals surface area (Å²) in [5.74, 6) is 0.724. The van der Waals surface area contributed by atoms with E-state index in [1.165, 1.54) is 4.68 Å². The summed E-state index contributed by atoms with van der Waals surface area (Å²) in [4.78, 5) is 12.8. The fourth-order valence-corrected chi connectivity index (χ4v) is 3.16. The molecule has 0 saturated heterocycles. The lowest BCUT2D eigenvalue weighted by Gasteiger charge is -2.08. The molecule has 0 fully saturated rings. The summed E-state index contributed by atoms with van der Waals surface area (Å²) in [5.41, 5.74) is 4.40. The molecule has 0 unspecified atom stereocenters. The summed E-state index contributed by atoms with van der Waals surface area (Å²) >= 11 is 0. The largest absolute Gasteiger partial charge is 0.361 e. The minimum Gasteiger partial charge on any atom is -0.361 e. The van der Waals surface area contributed by atoms with Crippen molar-refractivity contribution in [3.05, 3.63) is 45.0 Å². The van der Waals surface area contributed by atoms with E-state index in [2.05, 4.69) is 15.4 Å². The van der Waals surface area contributed by atoms with Crippen LogP contribution in [-0.4, -0.2) is 24.6 Å². The Morgan fingerprint density at radius 1 is 1.27 bits per heavy atom. The molecule has 0 aromatic carbocycles. The van der Waals surface area contributed by atoms with Crippen LogP contribution in [0, 0.1) is 13.8 Å². The SMILES string of the molecule is Cc1noc(C)c1Cn1ncn2nc3c(c2c1=O)CCCC3. The Morgan fingerprint density at radius 2 is 2.09 bits per heavy atom. The van der Waals surface area contributed by atoms with Crippen LogP contribution >= 0.6 is 0 Å². The van der Waals surface area contributed by atoms with Gasteiger partial charge < -0.3 is 4.52 Å². The fraction of sp³-hybridized carbons (Fsp3) is 0.467. The highest BCUT2D eigenvalue weighted by atomic mass is 16.5. The van der Waals surface area contributed by atoms with Gasteiger partial charge in [0.25, 0.3) is 5.56 Å². The van der Waals surface area contributed by atoms with Crippen LogP contribution in [0.4, 0.5) is 0 Å².